The minimum atomic E-state index is -3.64. The Bertz CT molecular complexity index is 946. The van der Waals surface area contributed by atoms with Crippen molar-refractivity contribution in [2.45, 2.75) is 25.7 Å². The summed E-state index contributed by atoms with van der Waals surface area (Å²) in [7, 11) is -0.606. The maximum Gasteiger partial charge on any atom is 0.251 e. The molecule has 0 aliphatic rings. The maximum absolute atomic E-state index is 12.5. The number of carbonyl (C=O) groups excluding carboxylic acids is 1. The van der Waals surface area contributed by atoms with Gasteiger partial charge in [0, 0.05) is 24.2 Å². The first-order valence-electron chi connectivity index (χ1n) is 8.77. The molecule has 0 heterocycles. The number of carbonyl (C=O) groups is 1. The summed E-state index contributed by atoms with van der Waals surface area (Å²) in [5.41, 5.74) is 2.70. The fraction of sp³-hybridized carbons (Fsp3) is 0.350. The zero-order valence-electron chi connectivity index (χ0n) is 16.8. The van der Waals surface area contributed by atoms with Crippen molar-refractivity contribution in [2.24, 2.45) is 0 Å². The SMILES string of the molecule is COc1cc(C(=O)NCCNS(=O)(=O)c2cc(C)ccc2C)cc(OC)c1C. The van der Waals surface area contributed by atoms with Crippen LogP contribution in [0.2, 0.25) is 0 Å². The molecule has 0 aliphatic heterocycles. The van der Waals surface area contributed by atoms with Crippen molar-refractivity contribution in [3.63, 3.8) is 0 Å². The molecule has 8 heteroatoms. The molecule has 0 radical (unpaired) electrons. The Balaban J connectivity index is 2.00. The van der Waals surface area contributed by atoms with E-state index in [-0.39, 0.29) is 23.9 Å². The molecule has 0 saturated carbocycles. The van der Waals surface area contributed by atoms with Gasteiger partial charge in [-0.1, -0.05) is 12.1 Å². The van der Waals surface area contributed by atoms with Crippen LogP contribution in [0.4, 0.5) is 0 Å². The largest absolute Gasteiger partial charge is 0.496 e. The van der Waals surface area contributed by atoms with E-state index in [0.29, 0.717) is 22.6 Å². The minimum absolute atomic E-state index is 0.0710. The van der Waals surface area contributed by atoms with Crippen molar-refractivity contribution in [1.29, 1.82) is 0 Å². The zero-order chi connectivity index (χ0) is 20.9. The lowest BCUT2D eigenvalue weighted by Gasteiger charge is -2.13. The highest BCUT2D eigenvalue weighted by molar-refractivity contribution is 7.89. The Hall–Kier alpha value is -2.58. The first-order valence-corrected chi connectivity index (χ1v) is 10.3. The van der Waals surface area contributed by atoms with Gasteiger partial charge in [0.25, 0.3) is 5.91 Å². The number of sulfonamides is 1. The molecule has 2 aromatic carbocycles. The van der Waals surface area contributed by atoms with E-state index >= 15 is 0 Å². The summed E-state index contributed by atoms with van der Waals surface area (Å²) < 4.78 is 38.0. The summed E-state index contributed by atoms with van der Waals surface area (Å²) in [6.07, 6.45) is 0. The predicted octanol–water partition coefficient (Wildman–Crippen LogP) is 2.34. The summed E-state index contributed by atoms with van der Waals surface area (Å²) in [4.78, 5) is 12.6. The molecule has 0 spiro atoms. The molecule has 0 aliphatic carbocycles. The molecule has 2 rings (SSSR count). The van der Waals surface area contributed by atoms with Crippen LogP contribution in [0.15, 0.2) is 35.2 Å². The van der Waals surface area contributed by atoms with Crippen LogP contribution < -0.4 is 19.5 Å². The third kappa shape index (κ3) is 5.02. The molecular formula is C20H26N2O5S. The quantitative estimate of drug-likeness (QED) is 0.657. The standard InChI is InChI=1S/C20H26N2O5S/c1-13-6-7-14(2)19(10-13)28(24,25)22-9-8-21-20(23)16-11-17(26-4)15(3)18(12-16)27-5/h6-7,10-12,22H,8-9H2,1-5H3,(H,21,23). The highest BCUT2D eigenvalue weighted by Gasteiger charge is 2.17. The van der Waals surface area contributed by atoms with Crippen molar-refractivity contribution in [1.82, 2.24) is 10.0 Å². The highest BCUT2D eigenvalue weighted by Crippen LogP contribution is 2.29. The average molecular weight is 407 g/mol. The summed E-state index contributed by atoms with van der Waals surface area (Å²) >= 11 is 0. The summed E-state index contributed by atoms with van der Waals surface area (Å²) in [6.45, 7) is 5.63. The number of ether oxygens (including phenoxy) is 2. The van der Waals surface area contributed by atoms with Gasteiger partial charge in [0.2, 0.25) is 10.0 Å². The number of aryl methyl sites for hydroxylation is 2. The molecule has 0 aromatic heterocycles. The van der Waals surface area contributed by atoms with Crippen LogP contribution in [0.5, 0.6) is 11.5 Å². The van der Waals surface area contributed by atoms with E-state index in [1.165, 1.54) is 14.2 Å². The normalized spacial score (nSPS) is 11.2. The summed E-state index contributed by atoms with van der Waals surface area (Å²) in [5, 5.41) is 2.69. The van der Waals surface area contributed by atoms with E-state index in [1.54, 1.807) is 31.2 Å². The van der Waals surface area contributed by atoms with Crippen molar-refractivity contribution in [3.8, 4) is 11.5 Å². The monoisotopic (exact) mass is 406 g/mol. The van der Waals surface area contributed by atoms with Gasteiger partial charge in [-0.05, 0) is 50.1 Å². The number of rotatable bonds is 8. The Morgan fingerprint density at radius 1 is 0.964 bits per heavy atom. The van der Waals surface area contributed by atoms with Gasteiger partial charge in [-0.25, -0.2) is 13.1 Å². The third-order valence-electron chi connectivity index (χ3n) is 4.35. The minimum Gasteiger partial charge on any atom is -0.496 e. The number of amides is 1. The fourth-order valence-corrected chi connectivity index (χ4v) is 4.11. The Kier molecular flexibility index (Phi) is 7.04. The van der Waals surface area contributed by atoms with Crippen LogP contribution in [0.1, 0.15) is 27.0 Å². The molecule has 0 saturated heterocycles. The van der Waals surface area contributed by atoms with E-state index in [9.17, 15) is 13.2 Å². The summed E-state index contributed by atoms with van der Waals surface area (Å²) in [5.74, 6) is 0.739. The number of hydrogen-bond donors (Lipinski definition) is 2. The molecule has 28 heavy (non-hydrogen) atoms. The van der Waals surface area contributed by atoms with E-state index in [4.69, 9.17) is 9.47 Å². The average Bonchev–Trinajstić information content (AvgIpc) is 2.67. The van der Waals surface area contributed by atoms with Crippen molar-refractivity contribution in [2.75, 3.05) is 27.3 Å². The molecule has 2 aromatic rings. The number of benzene rings is 2. The summed E-state index contributed by atoms with van der Waals surface area (Å²) in [6, 6.07) is 8.49. The Labute approximate surface area is 166 Å². The van der Waals surface area contributed by atoms with Crippen molar-refractivity contribution >= 4 is 15.9 Å². The van der Waals surface area contributed by atoms with Gasteiger partial charge in [0.15, 0.2) is 0 Å². The topological polar surface area (TPSA) is 93.7 Å². The second-order valence-corrected chi connectivity index (χ2v) is 8.16. The Morgan fingerprint density at radius 2 is 1.57 bits per heavy atom. The number of hydrogen-bond acceptors (Lipinski definition) is 5. The molecule has 0 unspecified atom stereocenters. The van der Waals surface area contributed by atoms with E-state index < -0.39 is 10.0 Å². The second kappa shape index (κ2) is 9.07. The molecule has 152 valence electrons. The maximum atomic E-state index is 12.5. The molecule has 7 nitrogen and oxygen atoms in total. The molecule has 0 bridgehead atoms. The smallest absolute Gasteiger partial charge is 0.251 e. The second-order valence-electron chi connectivity index (χ2n) is 6.43. The molecule has 0 fully saturated rings. The Morgan fingerprint density at radius 3 is 2.14 bits per heavy atom. The molecule has 0 atom stereocenters. The highest BCUT2D eigenvalue weighted by atomic mass is 32.2. The molecule has 2 N–H and O–H groups in total. The van der Waals surface area contributed by atoms with Crippen LogP contribution in [0.3, 0.4) is 0 Å². The van der Waals surface area contributed by atoms with Crippen LogP contribution in [-0.2, 0) is 10.0 Å². The number of nitrogens with one attached hydrogen (secondary N) is 2. The number of methoxy groups -OCH3 is 2. The van der Waals surface area contributed by atoms with Crippen molar-refractivity contribution in [3.05, 3.63) is 52.6 Å². The lowest BCUT2D eigenvalue weighted by molar-refractivity contribution is 0.0953. The van der Waals surface area contributed by atoms with Gasteiger partial charge in [-0.2, -0.15) is 0 Å². The van der Waals surface area contributed by atoms with Crippen LogP contribution in [-0.4, -0.2) is 41.6 Å². The van der Waals surface area contributed by atoms with Crippen molar-refractivity contribution < 1.29 is 22.7 Å². The lowest BCUT2D eigenvalue weighted by atomic mass is 10.1. The lowest BCUT2D eigenvalue weighted by Crippen LogP contribution is -2.35. The van der Waals surface area contributed by atoms with Crippen LogP contribution in [0.25, 0.3) is 0 Å². The third-order valence-corrected chi connectivity index (χ3v) is 5.95. The van der Waals surface area contributed by atoms with Crippen LogP contribution >= 0.6 is 0 Å². The molecular weight excluding hydrogens is 380 g/mol. The van der Waals surface area contributed by atoms with E-state index in [0.717, 1.165) is 11.1 Å². The van der Waals surface area contributed by atoms with Gasteiger partial charge in [-0.15, -0.1) is 0 Å². The van der Waals surface area contributed by atoms with E-state index in [2.05, 4.69) is 10.0 Å². The fourth-order valence-electron chi connectivity index (χ4n) is 2.76. The van der Waals surface area contributed by atoms with Gasteiger partial charge in [-0.3, -0.25) is 4.79 Å². The van der Waals surface area contributed by atoms with Gasteiger partial charge in [0.1, 0.15) is 11.5 Å². The van der Waals surface area contributed by atoms with Gasteiger partial charge in [0.05, 0.1) is 19.1 Å². The zero-order valence-corrected chi connectivity index (χ0v) is 17.6. The first kappa shape index (κ1) is 21.7. The van der Waals surface area contributed by atoms with E-state index in [1.807, 2.05) is 19.9 Å². The predicted molar refractivity (Wildman–Crippen MR) is 108 cm³/mol. The first-order chi connectivity index (χ1) is 13.2. The molecule has 1 amide bonds. The van der Waals surface area contributed by atoms with Crippen LogP contribution in [0, 0.1) is 20.8 Å². The van der Waals surface area contributed by atoms with Gasteiger partial charge >= 0.3 is 0 Å². The van der Waals surface area contributed by atoms with Gasteiger partial charge < -0.3 is 14.8 Å².